The van der Waals surface area contributed by atoms with Gasteiger partial charge in [0.15, 0.2) is 0 Å². The molecule has 3 heterocycles. The van der Waals surface area contributed by atoms with Gasteiger partial charge < -0.3 is 14.0 Å². The number of ether oxygens (including phenoxy) is 2. The normalized spacial score (nSPS) is 17.8. The first kappa shape index (κ1) is 14.2. The molecule has 0 spiro atoms. The molecule has 1 aliphatic rings. The first-order chi connectivity index (χ1) is 10.2. The second-order valence-corrected chi connectivity index (χ2v) is 5.31. The SMILES string of the molecule is COC1(c2noc(Cc3ccc(C)nc3)n2)CCOCC1. The number of aryl methyl sites for hydroxylation is 1. The van der Waals surface area contributed by atoms with Gasteiger partial charge in [-0.15, -0.1) is 0 Å². The molecule has 0 radical (unpaired) electrons. The second kappa shape index (κ2) is 5.91. The summed E-state index contributed by atoms with van der Waals surface area (Å²) in [5, 5.41) is 4.11. The Hall–Kier alpha value is -1.79. The summed E-state index contributed by atoms with van der Waals surface area (Å²) in [6.07, 6.45) is 3.90. The molecule has 21 heavy (non-hydrogen) atoms. The average molecular weight is 289 g/mol. The third kappa shape index (κ3) is 2.96. The first-order valence-electron chi connectivity index (χ1n) is 7.09. The van der Waals surface area contributed by atoms with Crippen molar-refractivity contribution in [3.8, 4) is 0 Å². The smallest absolute Gasteiger partial charge is 0.231 e. The number of hydrogen-bond donors (Lipinski definition) is 0. The minimum atomic E-state index is -0.481. The molecule has 6 nitrogen and oxygen atoms in total. The predicted molar refractivity (Wildman–Crippen MR) is 74.8 cm³/mol. The first-order valence-corrected chi connectivity index (χ1v) is 7.09. The molecule has 0 atom stereocenters. The highest BCUT2D eigenvalue weighted by atomic mass is 16.5. The molecule has 0 amide bonds. The molecule has 0 N–H and O–H groups in total. The fourth-order valence-electron chi connectivity index (χ4n) is 2.51. The van der Waals surface area contributed by atoms with E-state index < -0.39 is 5.60 Å². The molecule has 0 unspecified atom stereocenters. The maximum absolute atomic E-state index is 5.67. The van der Waals surface area contributed by atoms with Crippen molar-refractivity contribution in [2.24, 2.45) is 0 Å². The maximum atomic E-state index is 5.67. The molecule has 1 aliphatic heterocycles. The summed E-state index contributed by atoms with van der Waals surface area (Å²) in [5.41, 5.74) is 1.56. The quantitative estimate of drug-likeness (QED) is 0.857. The molecule has 6 heteroatoms. The number of aromatic nitrogens is 3. The topological polar surface area (TPSA) is 70.3 Å². The van der Waals surface area contributed by atoms with Gasteiger partial charge in [-0.1, -0.05) is 11.2 Å². The van der Waals surface area contributed by atoms with Crippen LogP contribution >= 0.6 is 0 Å². The molecule has 0 aromatic carbocycles. The monoisotopic (exact) mass is 289 g/mol. The minimum absolute atomic E-state index is 0.481. The average Bonchev–Trinajstić information content (AvgIpc) is 2.99. The Kier molecular flexibility index (Phi) is 3.98. The maximum Gasteiger partial charge on any atom is 0.231 e. The zero-order chi connectivity index (χ0) is 14.7. The molecule has 1 fully saturated rings. The summed E-state index contributed by atoms with van der Waals surface area (Å²) < 4.78 is 16.4. The lowest BCUT2D eigenvalue weighted by Gasteiger charge is -2.32. The van der Waals surface area contributed by atoms with Gasteiger partial charge in [0, 0.05) is 45.1 Å². The van der Waals surface area contributed by atoms with Crippen LogP contribution in [0.5, 0.6) is 0 Å². The van der Waals surface area contributed by atoms with E-state index >= 15 is 0 Å². The van der Waals surface area contributed by atoms with Gasteiger partial charge in [-0.3, -0.25) is 4.98 Å². The van der Waals surface area contributed by atoms with Gasteiger partial charge in [-0.25, -0.2) is 0 Å². The van der Waals surface area contributed by atoms with Crippen LogP contribution in [0, 0.1) is 6.92 Å². The van der Waals surface area contributed by atoms with E-state index in [-0.39, 0.29) is 0 Å². The lowest BCUT2D eigenvalue weighted by molar-refractivity contribution is -0.101. The van der Waals surface area contributed by atoms with E-state index in [1.807, 2.05) is 25.3 Å². The third-order valence-corrected chi connectivity index (χ3v) is 3.89. The Balaban J connectivity index is 1.77. The largest absolute Gasteiger partial charge is 0.381 e. The van der Waals surface area contributed by atoms with Crippen molar-refractivity contribution in [1.29, 1.82) is 0 Å². The molecule has 0 aliphatic carbocycles. The number of hydrogen-bond acceptors (Lipinski definition) is 6. The van der Waals surface area contributed by atoms with E-state index in [4.69, 9.17) is 14.0 Å². The highest BCUT2D eigenvalue weighted by Gasteiger charge is 2.39. The summed E-state index contributed by atoms with van der Waals surface area (Å²) in [5.74, 6) is 1.20. The van der Waals surface area contributed by atoms with Gasteiger partial charge in [-0.2, -0.15) is 4.98 Å². The van der Waals surface area contributed by atoms with Gasteiger partial charge in [0.1, 0.15) is 5.60 Å². The predicted octanol–water partition coefficient (Wildman–Crippen LogP) is 2.02. The molecular weight excluding hydrogens is 270 g/mol. The van der Waals surface area contributed by atoms with Gasteiger partial charge in [0.25, 0.3) is 0 Å². The summed E-state index contributed by atoms with van der Waals surface area (Å²) in [7, 11) is 1.69. The van der Waals surface area contributed by atoms with Crippen molar-refractivity contribution in [2.45, 2.75) is 31.8 Å². The van der Waals surface area contributed by atoms with E-state index in [1.165, 1.54) is 0 Å². The van der Waals surface area contributed by atoms with Crippen molar-refractivity contribution in [3.05, 3.63) is 41.3 Å². The molecule has 0 saturated carbocycles. The van der Waals surface area contributed by atoms with Crippen LogP contribution in [0.15, 0.2) is 22.9 Å². The Morgan fingerprint density at radius 1 is 1.29 bits per heavy atom. The van der Waals surface area contributed by atoms with Gasteiger partial charge in [-0.05, 0) is 18.6 Å². The Morgan fingerprint density at radius 2 is 2.10 bits per heavy atom. The standard InChI is InChI=1S/C15H19N3O3/c1-11-3-4-12(10-16-11)9-13-17-14(18-21-13)15(19-2)5-7-20-8-6-15/h3-4,10H,5-9H2,1-2H3. The van der Waals surface area contributed by atoms with E-state index in [2.05, 4.69) is 15.1 Å². The Bertz CT molecular complexity index is 588. The lowest BCUT2D eigenvalue weighted by atomic mass is 9.93. The van der Waals surface area contributed by atoms with Gasteiger partial charge in [0.05, 0.1) is 6.42 Å². The number of rotatable bonds is 4. The van der Waals surface area contributed by atoms with Crippen molar-refractivity contribution >= 4 is 0 Å². The highest BCUT2D eigenvalue weighted by Crippen LogP contribution is 2.33. The van der Waals surface area contributed by atoms with Gasteiger partial charge in [0.2, 0.25) is 11.7 Å². The summed E-state index contributed by atoms with van der Waals surface area (Å²) in [4.78, 5) is 8.78. The van der Waals surface area contributed by atoms with Crippen LogP contribution in [0.2, 0.25) is 0 Å². The van der Waals surface area contributed by atoms with Crippen LogP contribution in [0.1, 0.15) is 35.8 Å². The van der Waals surface area contributed by atoms with Crippen LogP contribution in [0.4, 0.5) is 0 Å². The number of pyridine rings is 1. The molecule has 3 rings (SSSR count). The molecule has 112 valence electrons. The minimum Gasteiger partial charge on any atom is -0.381 e. The van der Waals surface area contributed by atoms with Crippen molar-refractivity contribution in [2.75, 3.05) is 20.3 Å². The molecule has 2 aromatic rings. The van der Waals surface area contributed by atoms with Gasteiger partial charge >= 0.3 is 0 Å². The zero-order valence-corrected chi connectivity index (χ0v) is 12.3. The number of methoxy groups -OCH3 is 1. The summed E-state index contributed by atoms with van der Waals surface area (Å²) in [6, 6.07) is 3.99. The van der Waals surface area contributed by atoms with Crippen LogP contribution in [0.25, 0.3) is 0 Å². The number of nitrogens with zero attached hydrogens (tertiary/aromatic N) is 3. The molecule has 1 saturated heterocycles. The zero-order valence-electron chi connectivity index (χ0n) is 12.3. The Morgan fingerprint density at radius 3 is 2.76 bits per heavy atom. The molecule has 0 bridgehead atoms. The highest BCUT2D eigenvalue weighted by molar-refractivity contribution is 5.17. The van der Waals surface area contributed by atoms with E-state index in [1.54, 1.807) is 7.11 Å². The third-order valence-electron chi connectivity index (χ3n) is 3.89. The molecule has 2 aromatic heterocycles. The fourth-order valence-corrected chi connectivity index (χ4v) is 2.51. The van der Waals surface area contributed by atoms with E-state index in [0.29, 0.717) is 31.3 Å². The van der Waals surface area contributed by atoms with Crippen LogP contribution in [-0.2, 0) is 21.5 Å². The summed E-state index contributed by atoms with van der Waals surface area (Å²) in [6.45, 7) is 3.27. The van der Waals surface area contributed by atoms with Crippen molar-refractivity contribution in [3.63, 3.8) is 0 Å². The van der Waals surface area contributed by atoms with Crippen molar-refractivity contribution < 1.29 is 14.0 Å². The van der Waals surface area contributed by atoms with E-state index in [0.717, 1.165) is 24.1 Å². The summed E-state index contributed by atoms with van der Waals surface area (Å²) >= 11 is 0. The van der Waals surface area contributed by atoms with Crippen LogP contribution in [-0.4, -0.2) is 35.4 Å². The molecular formula is C15H19N3O3. The fraction of sp³-hybridized carbons (Fsp3) is 0.533. The van der Waals surface area contributed by atoms with Crippen molar-refractivity contribution in [1.82, 2.24) is 15.1 Å². The van der Waals surface area contributed by atoms with Crippen LogP contribution < -0.4 is 0 Å². The Labute approximate surface area is 123 Å². The van der Waals surface area contributed by atoms with Crippen LogP contribution in [0.3, 0.4) is 0 Å². The second-order valence-electron chi connectivity index (χ2n) is 5.31. The van der Waals surface area contributed by atoms with E-state index in [9.17, 15) is 0 Å². The lowest BCUT2D eigenvalue weighted by Crippen LogP contribution is -2.36.